The highest BCUT2D eigenvalue weighted by atomic mass is 16.6. The molecule has 0 aromatic rings. The van der Waals surface area contributed by atoms with Gasteiger partial charge in [-0.3, -0.25) is 9.59 Å². The fourth-order valence-corrected chi connectivity index (χ4v) is 11.5. The lowest BCUT2D eigenvalue weighted by Crippen LogP contribution is -2.60. The Morgan fingerprint density at radius 1 is 0.806 bits per heavy atom. The van der Waals surface area contributed by atoms with Gasteiger partial charge in [-0.15, -0.1) is 0 Å². The zero-order chi connectivity index (χ0) is 21.3. The van der Waals surface area contributed by atoms with Crippen LogP contribution < -0.4 is 0 Å². The Bertz CT molecular complexity index is 819. The topological polar surface area (TPSA) is 52.6 Å². The van der Waals surface area contributed by atoms with Crippen LogP contribution in [0.5, 0.6) is 0 Å². The van der Waals surface area contributed by atoms with Gasteiger partial charge in [0, 0.05) is 6.42 Å². The number of esters is 2. The Labute approximate surface area is 186 Å². The van der Waals surface area contributed by atoms with E-state index in [1.807, 2.05) is 0 Å². The van der Waals surface area contributed by atoms with Gasteiger partial charge in [-0.2, -0.15) is 0 Å². The zero-order valence-electron chi connectivity index (χ0n) is 19.3. The number of carbonyl (C=O) groups is 2. The SMILES string of the molecule is COC(=O)C12CC3CC(CC(OC(=O)C4CC5CC4C4C6CC(C(C)C6C)C54)(C3)C1)C2. The van der Waals surface area contributed by atoms with E-state index in [1.165, 1.54) is 26.4 Å². The molecule has 11 unspecified atom stereocenters. The number of hydrogen-bond acceptors (Lipinski definition) is 4. The largest absolute Gasteiger partial charge is 0.469 e. The fourth-order valence-electron chi connectivity index (χ4n) is 11.5. The van der Waals surface area contributed by atoms with Crippen LogP contribution in [0.4, 0.5) is 0 Å². The standard InChI is InChI=1S/C27H38O4/c1-13-14(2)19-7-18(13)22-17-5-20(23(19)22)21(6-17)24(28)31-27-10-15-4-16(11-27)9-26(8-15,12-27)25(29)30-3/h13-23H,4-12H2,1-3H3. The Kier molecular flexibility index (Phi) is 3.81. The first-order chi connectivity index (χ1) is 14.8. The molecule has 8 fully saturated rings. The monoisotopic (exact) mass is 426 g/mol. The lowest BCUT2D eigenvalue weighted by Gasteiger charge is -2.60. The molecule has 0 N–H and O–H groups in total. The second-order valence-electron chi connectivity index (χ2n) is 13.3. The predicted octanol–water partition coefficient (Wildman–Crippen LogP) is 4.85. The smallest absolute Gasteiger partial charge is 0.311 e. The average molecular weight is 427 g/mol. The molecule has 4 heteroatoms. The maximum atomic E-state index is 13.7. The summed E-state index contributed by atoms with van der Waals surface area (Å²) in [6.07, 6.45) is 9.49. The summed E-state index contributed by atoms with van der Waals surface area (Å²) in [7, 11) is 1.52. The Balaban J connectivity index is 1.12. The van der Waals surface area contributed by atoms with E-state index < -0.39 is 11.0 Å². The summed E-state index contributed by atoms with van der Waals surface area (Å²) in [5, 5.41) is 0. The van der Waals surface area contributed by atoms with E-state index in [9.17, 15) is 9.59 Å². The number of rotatable bonds is 3. The number of fused-ring (bicyclic) bond motifs is 9. The summed E-state index contributed by atoms with van der Waals surface area (Å²) in [6, 6.07) is 0. The molecule has 0 spiro atoms. The minimum atomic E-state index is -0.396. The van der Waals surface area contributed by atoms with E-state index in [0.29, 0.717) is 24.2 Å². The third kappa shape index (κ3) is 2.38. The van der Waals surface area contributed by atoms with Gasteiger partial charge < -0.3 is 9.47 Å². The Morgan fingerprint density at radius 2 is 1.48 bits per heavy atom. The molecule has 0 aromatic heterocycles. The van der Waals surface area contributed by atoms with Crippen LogP contribution in [0.1, 0.15) is 71.6 Å². The van der Waals surface area contributed by atoms with Crippen molar-refractivity contribution in [1.82, 2.24) is 0 Å². The third-order valence-electron chi connectivity index (χ3n) is 12.1. The molecule has 0 aromatic carbocycles. The van der Waals surface area contributed by atoms with E-state index in [4.69, 9.17) is 9.47 Å². The van der Waals surface area contributed by atoms with Crippen LogP contribution in [-0.4, -0.2) is 24.6 Å². The van der Waals surface area contributed by atoms with Gasteiger partial charge >= 0.3 is 11.9 Å². The molecular formula is C27H38O4. The molecule has 0 aliphatic heterocycles. The van der Waals surface area contributed by atoms with Crippen molar-refractivity contribution in [1.29, 1.82) is 0 Å². The van der Waals surface area contributed by atoms with Gasteiger partial charge in [0.15, 0.2) is 0 Å². The summed E-state index contributed by atoms with van der Waals surface area (Å²) < 4.78 is 11.8. The third-order valence-corrected chi connectivity index (χ3v) is 12.1. The van der Waals surface area contributed by atoms with Crippen LogP contribution in [0.25, 0.3) is 0 Å². The van der Waals surface area contributed by atoms with E-state index in [2.05, 4.69) is 13.8 Å². The molecule has 8 bridgehead atoms. The van der Waals surface area contributed by atoms with Crippen LogP contribution in [0.2, 0.25) is 0 Å². The maximum Gasteiger partial charge on any atom is 0.311 e. The first kappa shape index (κ1) is 19.4. The second-order valence-corrected chi connectivity index (χ2v) is 13.3. The summed E-state index contributed by atoms with van der Waals surface area (Å²) in [4.78, 5) is 26.4. The van der Waals surface area contributed by atoms with E-state index in [1.54, 1.807) is 0 Å². The van der Waals surface area contributed by atoms with Crippen molar-refractivity contribution < 1.29 is 19.1 Å². The highest BCUT2D eigenvalue weighted by molar-refractivity contribution is 5.78. The lowest BCUT2D eigenvalue weighted by atomic mass is 9.48. The minimum Gasteiger partial charge on any atom is -0.469 e. The molecule has 0 saturated heterocycles. The van der Waals surface area contributed by atoms with Crippen molar-refractivity contribution in [3.05, 3.63) is 0 Å². The van der Waals surface area contributed by atoms with Gasteiger partial charge in [0.2, 0.25) is 0 Å². The molecule has 8 aliphatic carbocycles. The van der Waals surface area contributed by atoms with Crippen LogP contribution in [0.15, 0.2) is 0 Å². The van der Waals surface area contributed by atoms with Crippen molar-refractivity contribution in [2.75, 3.05) is 7.11 Å². The summed E-state index contributed by atoms with van der Waals surface area (Å²) in [5.41, 5.74) is -0.790. The summed E-state index contributed by atoms with van der Waals surface area (Å²) >= 11 is 0. The molecule has 4 nitrogen and oxygen atoms in total. The van der Waals surface area contributed by atoms with Gasteiger partial charge in [0.05, 0.1) is 18.4 Å². The van der Waals surface area contributed by atoms with E-state index in [-0.39, 0.29) is 17.9 Å². The quantitative estimate of drug-likeness (QED) is 0.478. The number of ether oxygens (including phenoxy) is 2. The van der Waals surface area contributed by atoms with Gasteiger partial charge in [0.1, 0.15) is 5.60 Å². The minimum absolute atomic E-state index is 0.0603. The Morgan fingerprint density at radius 3 is 2.16 bits per heavy atom. The highest BCUT2D eigenvalue weighted by Crippen LogP contribution is 2.72. The fraction of sp³-hybridized carbons (Fsp3) is 0.926. The lowest BCUT2D eigenvalue weighted by molar-refractivity contribution is -0.215. The molecular weight excluding hydrogens is 388 g/mol. The Hall–Kier alpha value is -1.06. The van der Waals surface area contributed by atoms with Gasteiger partial charge in [0.25, 0.3) is 0 Å². The molecule has 0 radical (unpaired) electrons. The first-order valence-corrected chi connectivity index (χ1v) is 13.1. The molecule has 8 saturated carbocycles. The van der Waals surface area contributed by atoms with Crippen LogP contribution in [-0.2, 0) is 19.1 Å². The van der Waals surface area contributed by atoms with E-state index in [0.717, 1.165) is 73.5 Å². The normalized spacial score (nSPS) is 59.8. The maximum absolute atomic E-state index is 13.7. The summed E-state index contributed by atoms with van der Waals surface area (Å²) in [6.45, 7) is 4.94. The molecule has 8 aliphatic rings. The van der Waals surface area contributed by atoms with E-state index >= 15 is 0 Å². The molecule has 8 rings (SSSR count). The van der Waals surface area contributed by atoms with Crippen molar-refractivity contribution in [3.63, 3.8) is 0 Å². The van der Waals surface area contributed by atoms with Crippen molar-refractivity contribution in [2.45, 2.75) is 77.2 Å². The van der Waals surface area contributed by atoms with Crippen LogP contribution >= 0.6 is 0 Å². The van der Waals surface area contributed by atoms with Crippen LogP contribution in [0, 0.1) is 70.5 Å². The molecule has 31 heavy (non-hydrogen) atoms. The molecule has 0 amide bonds. The number of hydrogen-bond donors (Lipinski definition) is 0. The van der Waals surface area contributed by atoms with Gasteiger partial charge in [-0.05, 0) is 111 Å². The second kappa shape index (κ2) is 6.08. The zero-order valence-corrected chi connectivity index (χ0v) is 19.3. The predicted molar refractivity (Wildman–Crippen MR) is 115 cm³/mol. The first-order valence-electron chi connectivity index (χ1n) is 13.1. The van der Waals surface area contributed by atoms with Crippen molar-refractivity contribution in [2.24, 2.45) is 70.5 Å². The van der Waals surface area contributed by atoms with Crippen molar-refractivity contribution in [3.8, 4) is 0 Å². The van der Waals surface area contributed by atoms with Crippen LogP contribution in [0.3, 0.4) is 0 Å². The van der Waals surface area contributed by atoms with Gasteiger partial charge in [-0.25, -0.2) is 0 Å². The molecule has 170 valence electrons. The highest BCUT2D eigenvalue weighted by Gasteiger charge is 2.68. The average Bonchev–Trinajstić information content (AvgIpc) is 3.46. The summed E-state index contributed by atoms with van der Waals surface area (Å²) in [5.74, 6) is 7.65. The van der Waals surface area contributed by atoms with Gasteiger partial charge in [-0.1, -0.05) is 13.8 Å². The van der Waals surface area contributed by atoms with Crippen molar-refractivity contribution >= 4 is 11.9 Å². The molecule has 11 atom stereocenters. The number of methoxy groups -OCH3 is 1. The number of carbonyl (C=O) groups excluding carboxylic acids is 2. The molecule has 0 heterocycles.